The number of rotatable bonds is 3. The molecule has 0 bridgehead atoms. The molecule has 0 radical (unpaired) electrons. The Morgan fingerprint density at radius 3 is 2.74 bits per heavy atom. The van der Waals surface area contributed by atoms with Crippen molar-refractivity contribution in [3.8, 4) is 0 Å². The molecule has 2 aliphatic rings. The second-order valence-corrected chi connectivity index (χ2v) is 5.42. The Balaban J connectivity index is 1.66. The van der Waals surface area contributed by atoms with Crippen LogP contribution < -0.4 is 10.6 Å². The van der Waals surface area contributed by atoms with E-state index in [4.69, 9.17) is 4.74 Å². The number of carbonyl (C=O) groups is 2. The standard InChI is InChI=1S/C13H23N3O3/c1-10-8-16(6-7-19-10)9-12(17)15-13(18)14-11-4-2-3-5-11/h10-11H,2-9H2,1H3,(H2,14,15,17,18)/t10-/m1/s1. The monoisotopic (exact) mass is 269 g/mol. The summed E-state index contributed by atoms with van der Waals surface area (Å²) in [5, 5.41) is 5.24. The van der Waals surface area contributed by atoms with E-state index in [0.29, 0.717) is 6.61 Å². The summed E-state index contributed by atoms with van der Waals surface area (Å²) < 4.78 is 5.41. The summed E-state index contributed by atoms with van der Waals surface area (Å²) in [5.41, 5.74) is 0. The fourth-order valence-corrected chi connectivity index (χ4v) is 2.70. The fourth-order valence-electron chi connectivity index (χ4n) is 2.70. The highest BCUT2D eigenvalue weighted by atomic mass is 16.5. The van der Waals surface area contributed by atoms with E-state index in [9.17, 15) is 9.59 Å². The first-order chi connectivity index (χ1) is 9.13. The van der Waals surface area contributed by atoms with Crippen molar-refractivity contribution in [3.05, 3.63) is 0 Å². The molecule has 1 atom stereocenters. The fraction of sp³-hybridized carbons (Fsp3) is 0.846. The molecule has 1 saturated carbocycles. The van der Waals surface area contributed by atoms with Crippen LogP contribution in [0.2, 0.25) is 0 Å². The Hall–Kier alpha value is -1.14. The molecule has 0 unspecified atom stereocenters. The van der Waals surface area contributed by atoms with Gasteiger partial charge >= 0.3 is 6.03 Å². The number of amides is 3. The molecular weight excluding hydrogens is 246 g/mol. The van der Waals surface area contributed by atoms with Crippen molar-refractivity contribution in [1.29, 1.82) is 0 Å². The number of hydrogen-bond acceptors (Lipinski definition) is 4. The van der Waals surface area contributed by atoms with E-state index in [1.54, 1.807) is 0 Å². The highest BCUT2D eigenvalue weighted by Crippen LogP contribution is 2.17. The van der Waals surface area contributed by atoms with Gasteiger partial charge in [0.05, 0.1) is 19.3 Å². The van der Waals surface area contributed by atoms with Crippen LogP contribution in [-0.2, 0) is 9.53 Å². The van der Waals surface area contributed by atoms with Gasteiger partial charge in [-0.05, 0) is 19.8 Å². The molecule has 1 heterocycles. The number of urea groups is 1. The number of nitrogens with zero attached hydrogens (tertiary/aromatic N) is 1. The molecule has 108 valence electrons. The Kier molecular flexibility index (Phi) is 5.15. The van der Waals surface area contributed by atoms with Crippen LogP contribution >= 0.6 is 0 Å². The minimum absolute atomic E-state index is 0.147. The lowest BCUT2D eigenvalue weighted by molar-refractivity contribution is -0.122. The molecule has 1 aliphatic carbocycles. The molecule has 1 aliphatic heterocycles. The van der Waals surface area contributed by atoms with Gasteiger partial charge in [-0.25, -0.2) is 4.79 Å². The third-order valence-electron chi connectivity index (χ3n) is 3.64. The molecule has 19 heavy (non-hydrogen) atoms. The van der Waals surface area contributed by atoms with Crippen LogP contribution in [0.1, 0.15) is 32.6 Å². The third-order valence-corrected chi connectivity index (χ3v) is 3.64. The van der Waals surface area contributed by atoms with Crippen molar-refractivity contribution < 1.29 is 14.3 Å². The van der Waals surface area contributed by atoms with Crippen LogP contribution in [0.5, 0.6) is 0 Å². The Morgan fingerprint density at radius 2 is 2.05 bits per heavy atom. The molecule has 6 nitrogen and oxygen atoms in total. The van der Waals surface area contributed by atoms with E-state index in [-0.39, 0.29) is 30.6 Å². The molecule has 2 rings (SSSR count). The van der Waals surface area contributed by atoms with Crippen molar-refractivity contribution in [1.82, 2.24) is 15.5 Å². The van der Waals surface area contributed by atoms with Crippen molar-refractivity contribution in [2.45, 2.75) is 44.8 Å². The van der Waals surface area contributed by atoms with Crippen LogP contribution in [0.25, 0.3) is 0 Å². The van der Waals surface area contributed by atoms with Gasteiger partial charge < -0.3 is 10.1 Å². The Morgan fingerprint density at radius 1 is 1.32 bits per heavy atom. The molecule has 3 amide bonds. The summed E-state index contributed by atoms with van der Waals surface area (Å²) in [6.07, 6.45) is 4.49. The predicted molar refractivity (Wildman–Crippen MR) is 70.8 cm³/mol. The predicted octanol–water partition coefficient (Wildman–Crippen LogP) is 0.476. The number of ether oxygens (including phenoxy) is 1. The first-order valence-corrected chi connectivity index (χ1v) is 7.08. The van der Waals surface area contributed by atoms with Gasteiger partial charge in [-0.15, -0.1) is 0 Å². The summed E-state index contributed by atoms with van der Waals surface area (Å²) in [6, 6.07) is -0.130. The minimum atomic E-state index is -0.363. The van der Waals surface area contributed by atoms with E-state index >= 15 is 0 Å². The normalized spacial score (nSPS) is 25.2. The second kappa shape index (κ2) is 6.86. The van der Waals surface area contributed by atoms with Gasteiger partial charge in [0.1, 0.15) is 0 Å². The maximum Gasteiger partial charge on any atom is 0.321 e. The van der Waals surface area contributed by atoms with Crippen molar-refractivity contribution in [2.24, 2.45) is 0 Å². The van der Waals surface area contributed by atoms with Crippen LogP contribution in [0.4, 0.5) is 4.79 Å². The molecule has 2 N–H and O–H groups in total. The molecule has 6 heteroatoms. The summed E-state index contributed by atoms with van der Waals surface area (Å²) in [7, 11) is 0. The lowest BCUT2D eigenvalue weighted by Gasteiger charge is -2.30. The zero-order chi connectivity index (χ0) is 13.7. The van der Waals surface area contributed by atoms with Gasteiger partial charge in [-0.2, -0.15) is 0 Å². The van der Waals surface area contributed by atoms with Crippen LogP contribution in [0.3, 0.4) is 0 Å². The van der Waals surface area contributed by atoms with E-state index in [2.05, 4.69) is 10.6 Å². The van der Waals surface area contributed by atoms with E-state index in [0.717, 1.165) is 38.8 Å². The van der Waals surface area contributed by atoms with Crippen molar-refractivity contribution >= 4 is 11.9 Å². The van der Waals surface area contributed by atoms with Gasteiger partial charge in [0.15, 0.2) is 0 Å². The Bertz CT molecular complexity index is 329. The lowest BCUT2D eigenvalue weighted by Crippen LogP contribution is -2.50. The van der Waals surface area contributed by atoms with Gasteiger partial charge in [0.2, 0.25) is 5.91 Å². The average Bonchev–Trinajstić information content (AvgIpc) is 2.81. The second-order valence-electron chi connectivity index (χ2n) is 5.42. The van der Waals surface area contributed by atoms with Gasteiger partial charge in [0, 0.05) is 19.1 Å². The maximum atomic E-state index is 11.7. The number of hydrogen-bond donors (Lipinski definition) is 2. The summed E-state index contributed by atoms with van der Waals surface area (Å²) in [6.45, 7) is 4.35. The zero-order valence-electron chi connectivity index (χ0n) is 11.5. The topological polar surface area (TPSA) is 70.7 Å². The first kappa shape index (κ1) is 14.3. The van der Waals surface area contributed by atoms with Crippen molar-refractivity contribution in [3.63, 3.8) is 0 Å². The number of carbonyl (C=O) groups excluding carboxylic acids is 2. The molecule has 0 aromatic heterocycles. The van der Waals surface area contributed by atoms with Gasteiger partial charge in [-0.1, -0.05) is 12.8 Å². The maximum absolute atomic E-state index is 11.7. The SMILES string of the molecule is C[C@@H]1CN(CC(=O)NC(=O)NC2CCCC2)CCO1. The van der Waals surface area contributed by atoms with Crippen LogP contribution in [0.15, 0.2) is 0 Å². The van der Waals surface area contributed by atoms with E-state index in [1.807, 2.05) is 11.8 Å². The third kappa shape index (κ3) is 4.80. The largest absolute Gasteiger partial charge is 0.376 e. The average molecular weight is 269 g/mol. The van der Waals surface area contributed by atoms with E-state index < -0.39 is 0 Å². The lowest BCUT2D eigenvalue weighted by atomic mass is 10.2. The van der Waals surface area contributed by atoms with Crippen LogP contribution in [-0.4, -0.2) is 55.2 Å². The zero-order valence-corrected chi connectivity index (χ0v) is 11.5. The van der Waals surface area contributed by atoms with Gasteiger partial charge in [0.25, 0.3) is 0 Å². The van der Waals surface area contributed by atoms with Crippen molar-refractivity contribution in [2.75, 3.05) is 26.2 Å². The minimum Gasteiger partial charge on any atom is -0.376 e. The van der Waals surface area contributed by atoms with Gasteiger partial charge in [-0.3, -0.25) is 15.0 Å². The summed E-state index contributed by atoms with van der Waals surface area (Å²) >= 11 is 0. The smallest absolute Gasteiger partial charge is 0.321 e. The van der Waals surface area contributed by atoms with Crippen LogP contribution in [0, 0.1) is 0 Å². The molecule has 1 saturated heterocycles. The number of nitrogens with one attached hydrogen (secondary N) is 2. The molecule has 0 spiro atoms. The molecule has 0 aromatic rings. The summed E-state index contributed by atoms with van der Waals surface area (Å²) in [4.78, 5) is 25.4. The quantitative estimate of drug-likeness (QED) is 0.781. The number of imide groups is 1. The highest BCUT2D eigenvalue weighted by Gasteiger charge is 2.21. The molecule has 2 fully saturated rings. The first-order valence-electron chi connectivity index (χ1n) is 7.08. The molecular formula is C13H23N3O3. The molecule has 0 aromatic carbocycles. The number of morpholine rings is 1. The van der Waals surface area contributed by atoms with E-state index in [1.165, 1.54) is 0 Å². The summed E-state index contributed by atoms with van der Waals surface area (Å²) in [5.74, 6) is -0.246. The Labute approximate surface area is 113 Å². The highest BCUT2D eigenvalue weighted by molar-refractivity contribution is 5.95.